The van der Waals surface area contributed by atoms with E-state index in [1.807, 2.05) is 4.90 Å². The number of nitrogens with zero attached hydrogens (tertiary/aromatic N) is 1. The molecule has 0 aliphatic heterocycles. The molecule has 0 spiro atoms. The van der Waals surface area contributed by atoms with Crippen molar-refractivity contribution in [2.24, 2.45) is 5.73 Å². The number of rotatable bonds is 9. The molecule has 1 aromatic rings. The molecule has 0 atom stereocenters. The predicted molar refractivity (Wildman–Crippen MR) is 89.8 cm³/mol. The van der Waals surface area contributed by atoms with Crippen LogP contribution in [0.2, 0.25) is 5.02 Å². The van der Waals surface area contributed by atoms with Crippen LogP contribution < -0.4 is 11.1 Å². The summed E-state index contributed by atoms with van der Waals surface area (Å²) in [6.07, 6.45) is 0.573. The van der Waals surface area contributed by atoms with Gasteiger partial charge in [0.05, 0.1) is 18.1 Å². The molecular formula is C14H20ClN3O2S. The monoisotopic (exact) mass is 329 g/mol. The molecule has 7 heteroatoms. The summed E-state index contributed by atoms with van der Waals surface area (Å²) in [6.45, 7) is 2.06. The lowest BCUT2D eigenvalue weighted by molar-refractivity contribution is -0.117. The lowest BCUT2D eigenvalue weighted by atomic mass is 10.3. The van der Waals surface area contributed by atoms with Crippen LogP contribution in [0.1, 0.15) is 6.42 Å². The van der Waals surface area contributed by atoms with Gasteiger partial charge in [0.15, 0.2) is 0 Å². The van der Waals surface area contributed by atoms with Gasteiger partial charge >= 0.3 is 0 Å². The van der Waals surface area contributed by atoms with E-state index in [9.17, 15) is 4.79 Å². The summed E-state index contributed by atoms with van der Waals surface area (Å²) >= 11 is 10.7. The molecule has 1 rings (SSSR count). The zero-order valence-corrected chi connectivity index (χ0v) is 13.5. The highest BCUT2D eigenvalue weighted by Crippen LogP contribution is 2.14. The smallest absolute Gasteiger partial charge is 0.238 e. The Balaban J connectivity index is 2.51. The highest BCUT2D eigenvalue weighted by atomic mass is 35.5. The van der Waals surface area contributed by atoms with Gasteiger partial charge in [-0.05, 0) is 18.2 Å². The minimum atomic E-state index is -0.115. The average molecular weight is 330 g/mol. The molecule has 0 aliphatic rings. The van der Waals surface area contributed by atoms with Gasteiger partial charge in [0.2, 0.25) is 5.91 Å². The third kappa shape index (κ3) is 7.96. The number of halogens is 1. The maximum absolute atomic E-state index is 12.0. The molecule has 116 valence electrons. The number of amides is 1. The van der Waals surface area contributed by atoms with Gasteiger partial charge in [-0.25, -0.2) is 0 Å². The van der Waals surface area contributed by atoms with Gasteiger partial charge < -0.3 is 15.8 Å². The van der Waals surface area contributed by atoms with Crippen LogP contribution in [-0.2, 0) is 9.53 Å². The molecule has 1 amide bonds. The van der Waals surface area contributed by atoms with Crippen LogP contribution in [0.5, 0.6) is 0 Å². The first-order valence-electron chi connectivity index (χ1n) is 6.56. The predicted octanol–water partition coefficient (Wildman–Crippen LogP) is 1.90. The quantitative estimate of drug-likeness (QED) is 0.677. The summed E-state index contributed by atoms with van der Waals surface area (Å²) in [5.41, 5.74) is 6.17. The minimum Gasteiger partial charge on any atom is -0.393 e. The Labute approximate surface area is 135 Å². The molecule has 21 heavy (non-hydrogen) atoms. The number of benzene rings is 1. The summed E-state index contributed by atoms with van der Waals surface area (Å²) in [5.74, 6) is -0.115. The van der Waals surface area contributed by atoms with Crippen LogP contribution in [0, 0.1) is 0 Å². The van der Waals surface area contributed by atoms with Crippen molar-refractivity contribution in [1.29, 1.82) is 0 Å². The van der Waals surface area contributed by atoms with E-state index >= 15 is 0 Å². The lowest BCUT2D eigenvalue weighted by Crippen LogP contribution is -2.37. The van der Waals surface area contributed by atoms with Crippen molar-refractivity contribution in [2.75, 3.05) is 38.7 Å². The summed E-state index contributed by atoms with van der Waals surface area (Å²) in [4.78, 5) is 14.4. The zero-order valence-electron chi connectivity index (χ0n) is 12.0. The van der Waals surface area contributed by atoms with Crippen molar-refractivity contribution in [2.45, 2.75) is 6.42 Å². The van der Waals surface area contributed by atoms with E-state index in [0.29, 0.717) is 41.8 Å². The molecule has 0 radical (unpaired) electrons. The normalized spacial score (nSPS) is 10.6. The second-order valence-electron chi connectivity index (χ2n) is 4.54. The van der Waals surface area contributed by atoms with Gasteiger partial charge in [0.1, 0.15) is 0 Å². The van der Waals surface area contributed by atoms with E-state index in [1.165, 1.54) is 0 Å². The van der Waals surface area contributed by atoms with Gasteiger partial charge in [-0.15, -0.1) is 0 Å². The SMILES string of the molecule is COCCN(CCC(N)=S)CC(=O)Nc1cccc(Cl)c1. The molecular weight excluding hydrogens is 310 g/mol. The number of anilines is 1. The van der Waals surface area contributed by atoms with Crippen LogP contribution in [0.15, 0.2) is 24.3 Å². The minimum absolute atomic E-state index is 0.115. The molecule has 0 fully saturated rings. The second kappa shape index (κ2) is 9.68. The van der Waals surface area contributed by atoms with E-state index in [0.717, 1.165) is 0 Å². The van der Waals surface area contributed by atoms with E-state index in [-0.39, 0.29) is 12.5 Å². The Morgan fingerprint density at radius 1 is 1.48 bits per heavy atom. The summed E-state index contributed by atoms with van der Waals surface area (Å²) in [5, 5.41) is 3.39. The second-order valence-corrected chi connectivity index (χ2v) is 5.50. The van der Waals surface area contributed by atoms with Crippen molar-refractivity contribution in [3.8, 4) is 0 Å². The van der Waals surface area contributed by atoms with Crippen molar-refractivity contribution in [3.05, 3.63) is 29.3 Å². The van der Waals surface area contributed by atoms with Crippen molar-refractivity contribution in [1.82, 2.24) is 4.90 Å². The fraction of sp³-hybridized carbons (Fsp3) is 0.429. The Bertz CT molecular complexity index is 485. The standard InChI is InChI=1S/C14H20ClN3O2S/c1-20-8-7-18(6-5-13(16)21)10-14(19)17-12-4-2-3-11(15)9-12/h2-4,9H,5-8,10H2,1H3,(H2,16,21)(H,17,19). The van der Waals surface area contributed by atoms with Gasteiger partial charge in [-0.2, -0.15) is 0 Å². The van der Waals surface area contributed by atoms with Crippen molar-refractivity contribution in [3.63, 3.8) is 0 Å². The highest BCUT2D eigenvalue weighted by Gasteiger charge is 2.11. The molecule has 0 aliphatic carbocycles. The van der Waals surface area contributed by atoms with E-state index in [4.69, 9.17) is 34.3 Å². The number of carbonyl (C=O) groups is 1. The molecule has 0 heterocycles. The fourth-order valence-electron chi connectivity index (χ4n) is 1.73. The number of nitrogens with one attached hydrogen (secondary N) is 1. The van der Waals surface area contributed by atoms with Gasteiger partial charge in [-0.3, -0.25) is 9.69 Å². The lowest BCUT2D eigenvalue weighted by Gasteiger charge is -2.21. The van der Waals surface area contributed by atoms with Crippen LogP contribution >= 0.6 is 23.8 Å². The maximum Gasteiger partial charge on any atom is 0.238 e. The Morgan fingerprint density at radius 2 is 2.24 bits per heavy atom. The average Bonchev–Trinajstić information content (AvgIpc) is 2.41. The van der Waals surface area contributed by atoms with Gasteiger partial charge in [0, 0.05) is 37.3 Å². The molecule has 1 aromatic carbocycles. The largest absolute Gasteiger partial charge is 0.393 e. The number of ether oxygens (including phenoxy) is 1. The zero-order chi connectivity index (χ0) is 15.7. The van der Waals surface area contributed by atoms with Gasteiger partial charge in [0.25, 0.3) is 0 Å². The number of carbonyl (C=O) groups excluding carboxylic acids is 1. The number of nitrogens with two attached hydrogens (primary N) is 1. The first-order chi connectivity index (χ1) is 10.0. The van der Waals surface area contributed by atoms with E-state index < -0.39 is 0 Å². The highest BCUT2D eigenvalue weighted by molar-refractivity contribution is 7.80. The van der Waals surface area contributed by atoms with Crippen LogP contribution in [0.25, 0.3) is 0 Å². The van der Waals surface area contributed by atoms with Gasteiger partial charge in [-0.1, -0.05) is 29.9 Å². The Morgan fingerprint density at radius 3 is 2.86 bits per heavy atom. The molecule has 3 N–H and O–H groups in total. The molecule has 0 unspecified atom stereocenters. The van der Waals surface area contributed by atoms with Crippen molar-refractivity contribution >= 4 is 40.4 Å². The Hall–Kier alpha value is -1.21. The first-order valence-corrected chi connectivity index (χ1v) is 7.35. The third-order valence-electron chi connectivity index (χ3n) is 2.76. The topological polar surface area (TPSA) is 67.6 Å². The van der Waals surface area contributed by atoms with Crippen LogP contribution in [0.4, 0.5) is 5.69 Å². The van der Waals surface area contributed by atoms with E-state index in [2.05, 4.69) is 5.32 Å². The molecule has 0 saturated heterocycles. The third-order valence-corrected chi connectivity index (χ3v) is 3.20. The van der Waals surface area contributed by atoms with Crippen LogP contribution in [-0.4, -0.2) is 49.1 Å². The number of methoxy groups -OCH3 is 1. The Kier molecular flexibility index (Phi) is 8.22. The number of hydrogen-bond acceptors (Lipinski definition) is 4. The van der Waals surface area contributed by atoms with E-state index in [1.54, 1.807) is 31.4 Å². The van der Waals surface area contributed by atoms with Crippen LogP contribution in [0.3, 0.4) is 0 Å². The molecule has 0 aromatic heterocycles. The molecule has 0 bridgehead atoms. The number of hydrogen-bond donors (Lipinski definition) is 2. The first kappa shape index (κ1) is 17.8. The maximum atomic E-state index is 12.0. The fourth-order valence-corrected chi connectivity index (χ4v) is 2.01. The molecule has 0 saturated carbocycles. The van der Waals surface area contributed by atoms with Crippen molar-refractivity contribution < 1.29 is 9.53 Å². The summed E-state index contributed by atoms with van der Waals surface area (Å²) < 4.78 is 5.04. The number of thiocarbonyl (C=S) groups is 1. The summed E-state index contributed by atoms with van der Waals surface area (Å²) in [6, 6.07) is 7.03. The summed E-state index contributed by atoms with van der Waals surface area (Å²) in [7, 11) is 1.62. The molecule has 5 nitrogen and oxygen atoms in total.